The van der Waals surface area contributed by atoms with Crippen molar-refractivity contribution < 1.29 is 19.3 Å². The van der Waals surface area contributed by atoms with Gasteiger partial charge in [0.05, 0.1) is 10.2 Å². The third-order valence-corrected chi connectivity index (χ3v) is 2.88. The number of nitrogens with one attached hydrogen (secondary N) is 1. The van der Waals surface area contributed by atoms with Gasteiger partial charge in [-0.05, 0) is 41.1 Å². The fourth-order valence-electron chi connectivity index (χ4n) is 1.30. The van der Waals surface area contributed by atoms with E-state index >= 15 is 0 Å². The Hall–Kier alpha value is -1.55. The molecule has 0 aliphatic heterocycles. The predicted octanol–water partition coefficient (Wildman–Crippen LogP) is 1.88. The van der Waals surface area contributed by atoms with E-state index in [9.17, 15) is 4.39 Å². The van der Waals surface area contributed by atoms with E-state index in [1.165, 1.54) is 25.3 Å². The highest BCUT2D eigenvalue weighted by Crippen LogP contribution is 2.22. The molecule has 7 nitrogen and oxygen atoms in total. The number of hydrogen-bond donors (Lipinski definition) is 3. The number of nitrogens with two attached hydrogens (primary N) is 1. The van der Waals surface area contributed by atoms with E-state index in [0.29, 0.717) is 5.69 Å². The van der Waals surface area contributed by atoms with Crippen LogP contribution in [0.5, 0.6) is 0 Å². The van der Waals surface area contributed by atoms with E-state index in [-0.39, 0.29) is 16.0 Å². The first-order valence-electron chi connectivity index (χ1n) is 5.44. The Balaban J connectivity index is 3.18. The van der Waals surface area contributed by atoms with Crippen molar-refractivity contribution in [2.45, 2.75) is 13.0 Å². The zero-order chi connectivity index (χ0) is 15.1. The summed E-state index contributed by atoms with van der Waals surface area (Å²) in [6, 6.07) is 4.09. The molecule has 0 amide bonds. The van der Waals surface area contributed by atoms with Gasteiger partial charge in [-0.25, -0.2) is 15.3 Å². The molecule has 0 aliphatic rings. The van der Waals surface area contributed by atoms with Crippen LogP contribution in [0.2, 0.25) is 0 Å². The van der Waals surface area contributed by atoms with Crippen LogP contribution in [0.3, 0.4) is 0 Å². The van der Waals surface area contributed by atoms with Crippen molar-refractivity contribution in [1.29, 1.82) is 0 Å². The fraction of sp³-hybridized carbons (Fsp3) is 0.273. The van der Waals surface area contributed by atoms with Crippen LogP contribution >= 0.6 is 15.9 Å². The second-order valence-electron chi connectivity index (χ2n) is 3.61. The van der Waals surface area contributed by atoms with E-state index in [1.54, 1.807) is 6.92 Å². The normalized spacial score (nSPS) is 14.1. The maximum absolute atomic E-state index is 13.1. The topological polar surface area (TPSA) is 101 Å². The summed E-state index contributed by atoms with van der Waals surface area (Å²) >= 11 is 3.04. The van der Waals surface area contributed by atoms with Crippen LogP contribution in [-0.2, 0) is 9.68 Å². The Bertz CT molecular complexity index is 524. The summed E-state index contributed by atoms with van der Waals surface area (Å²) in [5.41, 5.74) is 2.39. The van der Waals surface area contributed by atoms with Gasteiger partial charge in [-0.3, -0.25) is 15.5 Å². The number of hydrogen-bond acceptors (Lipinski definition) is 6. The molecular formula is C11H14BrFN4O3. The summed E-state index contributed by atoms with van der Waals surface area (Å²) in [5, 5.41) is 12.8. The lowest BCUT2D eigenvalue weighted by molar-refractivity contribution is 0.107. The van der Waals surface area contributed by atoms with Crippen molar-refractivity contribution in [1.82, 2.24) is 5.48 Å². The van der Waals surface area contributed by atoms with Crippen molar-refractivity contribution in [3.05, 3.63) is 28.5 Å². The molecule has 0 radical (unpaired) electrons. The molecule has 20 heavy (non-hydrogen) atoms. The standard InChI is InChI=1S/C11H14BrFN4O3/c1-6(20-14)10(17-19-2)11(16-18)15-7-3-4-9(13)8(12)5-7/h3-6,18H,14H2,1-2H3,(H,15,16)/b17-10+/t6-/m1/s1. The van der Waals surface area contributed by atoms with E-state index in [0.717, 1.165) is 0 Å². The fourth-order valence-corrected chi connectivity index (χ4v) is 1.66. The minimum absolute atomic E-state index is 0.0386. The molecule has 0 fully saturated rings. The number of hydroxylamine groups is 1. The minimum Gasteiger partial charge on any atom is -0.399 e. The summed E-state index contributed by atoms with van der Waals surface area (Å²) in [6.07, 6.45) is -0.683. The summed E-state index contributed by atoms with van der Waals surface area (Å²) in [6.45, 7) is 1.59. The van der Waals surface area contributed by atoms with Gasteiger partial charge in [0, 0.05) is 0 Å². The molecule has 0 aliphatic carbocycles. The molecule has 110 valence electrons. The van der Waals surface area contributed by atoms with Gasteiger partial charge in [-0.15, -0.1) is 0 Å². The lowest BCUT2D eigenvalue weighted by Crippen LogP contribution is -2.38. The highest BCUT2D eigenvalue weighted by Gasteiger charge is 2.18. The number of rotatable bonds is 5. The van der Waals surface area contributed by atoms with Crippen LogP contribution in [-0.4, -0.2) is 30.0 Å². The van der Waals surface area contributed by atoms with Crippen LogP contribution in [0.15, 0.2) is 32.8 Å². The van der Waals surface area contributed by atoms with Gasteiger partial charge < -0.3 is 4.84 Å². The van der Waals surface area contributed by atoms with Gasteiger partial charge in [0.25, 0.3) is 0 Å². The van der Waals surface area contributed by atoms with Crippen molar-refractivity contribution in [3.63, 3.8) is 0 Å². The zero-order valence-electron chi connectivity index (χ0n) is 10.8. The predicted molar refractivity (Wildman–Crippen MR) is 75.3 cm³/mol. The average Bonchev–Trinajstić information content (AvgIpc) is 2.45. The Morgan fingerprint density at radius 1 is 1.55 bits per heavy atom. The van der Waals surface area contributed by atoms with Gasteiger partial charge in [0.1, 0.15) is 19.0 Å². The Labute approximate surface area is 123 Å². The highest BCUT2D eigenvalue weighted by atomic mass is 79.9. The first kappa shape index (κ1) is 16.5. The number of aliphatic imine (C=N–C) groups is 1. The van der Waals surface area contributed by atoms with Gasteiger partial charge in [0.15, 0.2) is 11.5 Å². The largest absolute Gasteiger partial charge is 0.399 e. The maximum atomic E-state index is 13.1. The highest BCUT2D eigenvalue weighted by molar-refractivity contribution is 9.10. The molecule has 0 aromatic heterocycles. The molecule has 0 bridgehead atoms. The Morgan fingerprint density at radius 3 is 2.75 bits per heavy atom. The van der Waals surface area contributed by atoms with Crippen molar-refractivity contribution >= 4 is 33.2 Å². The summed E-state index contributed by atoms with van der Waals surface area (Å²) in [7, 11) is 1.33. The van der Waals surface area contributed by atoms with Crippen molar-refractivity contribution in [2.75, 3.05) is 7.11 Å². The summed E-state index contributed by atoms with van der Waals surface area (Å²) < 4.78 is 13.4. The second-order valence-corrected chi connectivity index (χ2v) is 4.46. The quantitative estimate of drug-likeness (QED) is 0.428. The Morgan fingerprint density at radius 2 is 2.25 bits per heavy atom. The van der Waals surface area contributed by atoms with Crippen LogP contribution in [0.1, 0.15) is 6.92 Å². The molecule has 1 atom stereocenters. The molecule has 0 spiro atoms. The number of nitrogens with zero attached hydrogens (tertiary/aromatic N) is 2. The van der Waals surface area contributed by atoms with Crippen LogP contribution in [0.4, 0.5) is 10.1 Å². The smallest absolute Gasteiger partial charge is 0.178 e. The lowest BCUT2D eigenvalue weighted by Gasteiger charge is -2.13. The van der Waals surface area contributed by atoms with Gasteiger partial charge in [-0.2, -0.15) is 0 Å². The van der Waals surface area contributed by atoms with E-state index in [2.05, 4.69) is 35.8 Å². The lowest BCUT2D eigenvalue weighted by atomic mass is 10.2. The summed E-state index contributed by atoms with van der Waals surface area (Å²) in [5.74, 6) is 4.61. The first-order chi connectivity index (χ1) is 9.53. The molecule has 0 heterocycles. The van der Waals surface area contributed by atoms with Crippen molar-refractivity contribution in [2.24, 2.45) is 16.0 Å². The minimum atomic E-state index is -0.683. The Kier molecular flexibility index (Phi) is 6.52. The third kappa shape index (κ3) is 4.23. The van der Waals surface area contributed by atoms with E-state index < -0.39 is 11.9 Å². The zero-order valence-corrected chi connectivity index (χ0v) is 12.4. The monoisotopic (exact) mass is 348 g/mol. The molecule has 0 unspecified atom stereocenters. The van der Waals surface area contributed by atoms with Crippen molar-refractivity contribution in [3.8, 4) is 0 Å². The first-order valence-corrected chi connectivity index (χ1v) is 6.23. The van der Waals surface area contributed by atoms with Gasteiger partial charge in [-0.1, -0.05) is 5.16 Å². The van der Waals surface area contributed by atoms with Crippen LogP contribution in [0.25, 0.3) is 0 Å². The number of oxime groups is 1. The van der Waals surface area contributed by atoms with Crippen LogP contribution in [0, 0.1) is 5.82 Å². The number of amidine groups is 1. The molecule has 1 rings (SSSR count). The second kappa shape index (κ2) is 7.90. The average molecular weight is 349 g/mol. The maximum Gasteiger partial charge on any atom is 0.178 e. The SMILES string of the molecule is CO/N=C(/C(=Nc1ccc(F)c(Br)c1)NO)[C@@H](C)ON. The molecule has 1 aromatic rings. The summed E-state index contributed by atoms with van der Waals surface area (Å²) in [4.78, 5) is 13.3. The van der Waals surface area contributed by atoms with Crippen LogP contribution < -0.4 is 11.4 Å². The molecule has 0 saturated carbocycles. The molecule has 4 N–H and O–H groups in total. The molecular weight excluding hydrogens is 335 g/mol. The molecule has 9 heteroatoms. The molecule has 0 saturated heterocycles. The van der Waals surface area contributed by atoms with E-state index in [1.807, 2.05) is 5.48 Å². The van der Waals surface area contributed by atoms with Gasteiger partial charge >= 0.3 is 0 Å². The molecule has 1 aromatic carbocycles. The van der Waals surface area contributed by atoms with E-state index in [4.69, 9.17) is 11.1 Å². The number of benzene rings is 1. The third-order valence-electron chi connectivity index (χ3n) is 2.27. The van der Waals surface area contributed by atoms with Gasteiger partial charge in [0.2, 0.25) is 0 Å². The number of halogens is 2.